The van der Waals surface area contributed by atoms with Crippen molar-refractivity contribution in [2.24, 2.45) is 0 Å². The second kappa shape index (κ2) is 6.31. The molecule has 1 aliphatic rings. The van der Waals surface area contributed by atoms with Crippen LogP contribution < -0.4 is 0 Å². The largest absolute Gasteiger partial charge is 0.480 e. The number of carbonyl (C=O) groups is 2. The Morgan fingerprint density at radius 2 is 2.11 bits per heavy atom. The standard InChI is InChI=1S/C12H22N2O5/c1-12(2)8-14(9(7-19-12)11(17)18)6-10(16)13(3)4-5-15/h9,15H,4-8H2,1-3H3,(H,17,18)/t9-/m0/s1. The van der Waals surface area contributed by atoms with E-state index in [1.165, 1.54) is 4.90 Å². The molecular formula is C12H22N2O5. The summed E-state index contributed by atoms with van der Waals surface area (Å²) in [6, 6.07) is -0.806. The number of carboxylic acids is 1. The maximum atomic E-state index is 11.9. The highest BCUT2D eigenvalue weighted by molar-refractivity contribution is 5.80. The van der Waals surface area contributed by atoms with Crippen LogP contribution in [0.4, 0.5) is 0 Å². The molecule has 0 bridgehead atoms. The number of amides is 1. The van der Waals surface area contributed by atoms with E-state index < -0.39 is 17.6 Å². The molecule has 0 aromatic heterocycles. The molecule has 0 saturated carbocycles. The van der Waals surface area contributed by atoms with Crippen LogP contribution in [0.2, 0.25) is 0 Å². The molecule has 19 heavy (non-hydrogen) atoms. The number of nitrogens with zero attached hydrogens (tertiary/aromatic N) is 2. The van der Waals surface area contributed by atoms with E-state index in [1.807, 2.05) is 13.8 Å². The van der Waals surface area contributed by atoms with Crippen LogP contribution in [-0.2, 0) is 14.3 Å². The van der Waals surface area contributed by atoms with E-state index >= 15 is 0 Å². The first kappa shape index (κ1) is 15.9. The minimum Gasteiger partial charge on any atom is -0.480 e. The fraction of sp³-hybridized carbons (Fsp3) is 0.833. The van der Waals surface area contributed by atoms with E-state index in [4.69, 9.17) is 14.9 Å². The summed E-state index contributed by atoms with van der Waals surface area (Å²) in [5.74, 6) is -1.20. The smallest absolute Gasteiger partial charge is 0.323 e. The molecule has 1 aliphatic heterocycles. The summed E-state index contributed by atoms with van der Waals surface area (Å²) in [5.41, 5.74) is -0.470. The molecule has 110 valence electrons. The summed E-state index contributed by atoms with van der Waals surface area (Å²) in [5, 5.41) is 17.9. The van der Waals surface area contributed by atoms with Crippen molar-refractivity contribution in [3.05, 3.63) is 0 Å². The third-order valence-corrected chi connectivity index (χ3v) is 3.14. The van der Waals surface area contributed by atoms with Gasteiger partial charge in [0.25, 0.3) is 0 Å². The lowest BCUT2D eigenvalue weighted by molar-refractivity contribution is -0.164. The van der Waals surface area contributed by atoms with E-state index in [1.54, 1.807) is 11.9 Å². The summed E-state index contributed by atoms with van der Waals surface area (Å²) in [4.78, 5) is 26.1. The van der Waals surface area contributed by atoms with E-state index in [2.05, 4.69) is 0 Å². The topological polar surface area (TPSA) is 90.3 Å². The Labute approximate surface area is 112 Å². The number of aliphatic carboxylic acids is 1. The van der Waals surface area contributed by atoms with Gasteiger partial charge in [0.2, 0.25) is 5.91 Å². The molecule has 0 aromatic rings. The van der Waals surface area contributed by atoms with Crippen molar-refractivity contribution in [3.8, 4) is 0 Å². The Balaban J connectivity index is 2.69. The number of aliphatic hydroxyl groups is 1. The summed E-state index contributed by atoms with van der Waals surface area (Å²) in [6.07, 6.45) is 0. The number of morpholine rings is 1. The highest BCUT2D eigenvalue weighted by Crippen LogP contribution is 2.20. The molecule has 1 saturated heterocycles. The van der Waals surface area contributed by atoms with Crippen LogP contribution in [0.25, 0.3) is 0 Å². The van der Waals surface area contributed by atoms with E-state index in [9.17, 15) is 9.59 Å². The number of carbonyl (C=O) groups excluding carboxylic acids is 1. The minimum atomic E-state index is -0.992. The quantitative estimate of drug-likeness (QED) is 0.668. The highest BCUT2D eigenvalue weighted by atomic mass is 16.5. The van der Waals surface area contributed by atoms with Gasteiger partial charge in [0.15, 0.2) is 0 Å². The number of likely N-dealkylation sites (N-methyl/N-ethyl adjacent to an activating group) is 1. The first-order chi connectivity index (χ1) is 8.76. The molecule has 2 N–H and O–H groups in total. The van der Waals surface area contributed by atoms with E-state index in [0.717, 1.165) is 0 Å². The van der Waals surface area contributed by atoms with Gasteiger partial charge in [0.1, 0.15) is 6.04 Å². The SMILES string of the molecule is CN(CCO)C(=O)CN1CC(C)(C)OC[C@H]1C(=O)O. The number of hydrogen-bond acceptors (Lipinski definition) is 5. The lowest BCUT2D eigenvalue weighted by Gasteiger charge is -2.41. The van der Waals surface area contributed by atoms with Crippen LogP contribution in [0.5, 0.6) is 0 Å². The Bertz CT molecular complexity index is 345. The van der Waals surface area contributed by atoms with Gasteiger partial charge in [0.05, 0.1) is 25.4 Å². The van der Waals surface area contributed by atoms with E-state index in [0.29, 0.717) is 6.54 Å². The number of hydrogen-bond donors (Lipinski definition) is 2. The first-order valence-corrected chi connectivity index (χ1v) is 6.22. The molecule has 7 heteroatoms. The fourth-order valence-electron chi connectivity index (χ4n) is 2.02. The lowest BCUT2D eigenvalue weighted by atomic mass is 10.0. The number of aliphatic hydroxyl groups excluding tert-OH is 1. The molecule has 0 unspecified atom stereocenters. The van der Waals surface area contributed by atoms with Crippen LogP contribution in [-0.4, -0.2) is 83.4 Å². The highest BCUT2D eigenvalue weighted by Gasteiger charge is 2.38. The zero-order valence-electron chi connectivity index (χ0n) is 11.6. The van der Waals surface area contributed by atoms with Gasteiger partial charge in [-0.1, -0.05) is 0 Å². The van der Waals surface area contributed by atoms with Crippen LogP contribution >= 0.6 is 0 Å². The Morgan fingerprint density at radius 3 is 2.63 bits per heavy atom. The van der Waals surface area contributed by atoms with Gasteiger partial charge >= 0.3 is 5.97 Å². The molecule has 1 fully saturated rings. The summed E-state index contributed by atoms with van der Waals surface area (Å²) >= 11 is 0. The summed E-state index contributed by atoms with van der Waals surface area (Å²) in [6.45, 7) is 4.31. The monoisotopic (exact) mass is 274 g/mol. The Hall–Kier alpha value is -1.18. The number of carboxylic acid groups (broad SMARTS) is 1. The first-order valence-electron chi connectivity index (χ1n) is 6.22. The molecule has 0 aromatic carbocycles. The summed E-state index contributed by atoms with van der Waals surface area (Å²) in [7, 11) is 1.58. The maximum absolute atomic E-state index is 11.9. The van der Waals surface area contributed by atoms with Crippen LogP contribution in [0.15, 0.2) is 0 Å². The van der Waals surface area contributed by atoms with Gasteiger partial charge in [-0.3, -0.25) is 14.5 Å². The van der Waals surface area contributed by atoms with Gasteiger partial charge in [-0.2, -0.15) is 0 Å². The third-order valence-electron chi connectivity index (χ3n) is 3.14. The van der Waals surface area contributed by atoms with Crippen molar-refractivity contribution >= 4 is 11.9 Å². The summed E-state index contributed by atoms with van der Waals surface area (Å²) < 4.78 is 5.47. The van der Waals surface area contributed by atoms with Gasteiger partial charge in [-0.05, 0) is 13.8 Å². The van der Waals surface area contributed by atoms with Crippen molar-refractivity contribution < 1.29 is 24.5 Å². The van der Waals surface area contributed by atoms with Crippen molar-refractivity contribution in [1.82, 2.24) is 9.80 Å². The molecule has 0 radical (unpaired) electrons. The van der Waals surface area contributed by atoms with Gasteiger partial charge < -0.3 is 19.8 Å². The lowest BCUT2D eigenvalue weighted by Crippen LogP contribution is -2.59. The van der Waals surface area contributed by atoms with Crippen LogP contribution in [0.3, 0.4) is 0 Å². The van der Waals surface area contributed by atoms with Crippen molar-refractivity contribution in [3.63, 3.8) is 0 Å². The average molecular weight is 274 g/mol. The zero-order valence-corrected chi connectivity index (χ0v) is 11.6. The molecule has 1 heterocycles. The van der Waals surface area contributed by atoms with Gasteiger partial charge in [-0.15, -0.1) is 0 Å². The minimum absolute atomic E-state index is 0.0141. The maximum Gasteiger partial charge on any atom is 0.323 e. The predicted octanol–water partition coefficient (Wildman–Crippen LogP) is -0.999. The van der Waals surface area contributed by atoms with Gasteiger partial charge in [-0.25, -0.2) is 0 Å². The number of ether oxygens (including phenoxy) is 1. The molecule has 1 amide bonds. The van der Waals surface area contributed by atoms with Crippen molar-refractivity contribution in [2.75, 3.05) is 39.9 Å². The predicted molar refractivity (Wildman–Crippen MR) is 67.8 cm³/mol. The van der Waals surface area contributed by atoms with Crippen molar-refractivity contribution in [2.45, 2.75) is 25.5 Å². The van der Waals surface area contributed by atoms with E-state index in [-0.39, 0.29) is 32.2 Å². The van der Waals surface area contributed by atoms with Crippen molar-refractivity contribution in [1.29, 1.82) is 0 Å². The second-order valence-electron chi connectivity index (χ2n) is 5.37. The molecule has 7 nitrogen and oxygen atoms in total. The zero-order chi connectivity index (χ0) is 14.6. The molecular weight excluding hydrogens is 252 g/mol. The molecule has 0 spiro atoms. The molecule has 1 rings (SSSR count). The third kappa shape index (κ3) is 4.45. The normalized spacial score (nSPS) is 23.1. The molecule has 1 atom stereocenters. The Morgan fingerprint density at radius 1 is 1.47 bits per heavy atom. The molecule has 0 aliphatic carbocycles. The number of rotatable bonds is 5. The second-order valence-corrected chi connectivity index (χ2v) is 5.37. The average Bonchev–Trinajstić information content (AvgIpc) is 2.27. The Kier molecular flexibility index (Phi) is 5.28. The van der Waals surface area contributed by atoms with Crippen LogP contribution in [0, 0.1) is 0 Å². The fourth-order valence-corrected chi connectivity index (χ4v) is 2.02. The van der Waals surface area contributed by atoms with Crippen LogP contribution in [0.1, 0.15) is 13.8 Å². The van der Waals surface area contributed by atoms with Gasteiger partial charge in [0, 0.05) is 20.1 Å².